The Bertz CT molecular complexity index is 1110. The molecular weight excluding hydrogens is 416 g/mol. The molecule has 2 aromatic carbocycles. The van der Waals surface area contributed by atoms with E-state index in [9.17, 15) is 9.59 Å². The highest BCUT2D eigenvalue weighted by molar-refractivity contribution is 7.13. The molecule has 1 aliphatic rings. The van der Waals surface area contributed by atoms with Crippen LogP contribution in [0, 0.1) is 0 Å². The van der Waals surface area contributed by atoms with Gasteiger partial charge in [0.05, 0.1) is 6.04 Å². The molecule has 160 valence electrons. The molecule has 0 aliphatic carbocycles. The standard InChI is InChI=1S/C22H22N4O4S/c1-3-19-25-26-22(31-19)21(28)24-16-6-4-5-15(11-16)20(27)23-13(2)14-7-8-17-18(12-14)30-10-9-29-17/h4-8,11-13H,3,9-10H2,1-2H3,(H,23,27)(H,24,28)/t13-/m0/s1. The summed E-state index contributed by atoms with van der Waals surface area (Å²) >= 11 is 1.25. The molecule has 0 spiro atoms. The molecule has 0 bridgehead atoms. The monoisotopic (exact) mass is 438 g/mol. The van der Waals surface area contributed by atoms with E-state index in [1.165, 1.54) is 11.3 Å². The first-order chi connectivity index (χ1) is 15.0. The van der Waals surface area contributed by atoms with Crippen LogP contribution < -0.4 is 20.1 Å². The van der Waals surface area contributed by atoms with Crippen molar-refractivity contribution in [3.63, 3.8) is 0 Å². The molecule has 0 radical (unpaired) electrons. The van der Waals surface area contributed by atoms with Gasteiger partial charge in [0.2, 0.25) is 5.01 Å². The first kappa shape index (κ1) is 20.8. The van der Waals surface area contributed by atoms with Crippen molar-refractivity contribution in [2.24, 2.45) is 0 Å². The van der Waals surface area contributed by atoms with E-state index in [4.69, 9.17) is 9.47 Å². The minimum absolute atomic E-state index is 0.240. The number of nitrogens with one attached hydrogen (secondary N) is 2. The number of carbonyl (C=O) groups excluding carboxylic acids is 2. The van der Waals surface area contributed by atoms with Gasteiger partial charge in [-0.15, -0.1) is 10.2 Å². The summed E-state index contributed by atoms with van der Waals surface area (Å²) in [7, 11) is 0. The highest BCUT2D eigenvalue weighted by Gasteiger charge is 2.17. The van der Waals surface area contributed by atoms with Gasteiger partial charge in [0.1, 0.15) is 18.2 Å². The number of anilines is 1. The van der Waals surface area contributed by atoms with Gasteiger partial charge in [0, 0.05) is 11.3 Å². The van der Waals surface area contributed by atoms with Crippen molar-refractivity contribution < 1.29 is 19.1 Å². The summed E-state index contributed by atoms with van der Waals surface area (Å²) in [5, 5.41) is 14.7. The number of ether oxygens (including phenoxy) is 2. The third-order valence-corrected chi connectivity index (χ3v) is 5.83. The number of aromatic nitrogens is 2. The number of carbonyl (C=O) groups is 2. The van der Waals surface area contributed by atoms with Gasteiger partial charge in [-0.05, 0) is 49.2 Å². The van der Waals surface area contributed by atoms with E-state index in [0.29, 0.717) is 41.0 Å². The van der Waals surface area contributed by atoms with Crippen LogP contribution in [0.1, 0.15) is 50.6 Å². The van der Waals surface area contributed by atoms with Crippen LogP contribution in [-0.4, -0.2) is 35.2 Å². The van der Waals surface area contributed by atoms with Crippen molar-refractivity contribution in [2.75, 3.05) is 18.5 Å². The van der Waals surface area contributed by atoms with Crippen molar-refractivity contribution in [1.29, 1.82) is 0 Å². The Hall–Kier alpha value is -3.46. The summed E-state index contributed by atoms with van der Waals surface area (Å²) in [6, 6.07) is 12.2. The number of fused-ring (bicyclic) bond motifs is 1. The maximum Gasteiger partial charge on any atom is 0.286 e. The molecule has 4 rings (SSSR count). The fraction of sp³-hybridized carbons (Fsp3) is 0.273. The third-order valence-electron chi connectivity index (χ3n) is 4.76. The predicted octanol–water partition coefficient (Wildman–Crippen LogP) is 3.62. The second-order valence-electron chi connectivity index (χ2n) is 6.99. The second kappa shape index (κ2) is 9.13. The van der Waals surface area contributed by atoms with E-state index in [0.717, 1.165) is 17.0 Å². The SMILES string of the molecule is CCc1nnc(C(=O)Nc2cccc(C(=O)N[C@@H](C)c3ccc4c(c3)OCCO4)c2)s1. The Labute approximate surface area is 183 Å². The Kier molecular flexibility index (Phi) is 6.13. The highest BCUT2D eigenvalue weighted by Crippen LogP contribution is 2.32. The Morgan fingerprint density at radius 1 is 1.06 bits per heavy atom. The zero-order valence-electron chi connectivity index (χ0n) is 17.2. The summed E-state index contributed by atoms with van der Waals surface area (Å²) in [5.74, 6) is 0.790. The van der Waals surface area contributed by atoms with Crippen molar-refractivity contribution in [2.45, 2.75) is 26.3 Å². The van der Waals surface area contributed by atoms with Gasteiger partial charge in [-0.1, -0.05) is 30.4 Å². The lowest BCUT2D eigenvalue weighted by Crippen LogP contribution is -2.27. The molecule has 2 N–H and O–H groups in total. The number of nitrogens with zero attached hydrogens (tertiary/aromatic N) is 2. The van der Waals surface area contributed by atoms with Gasteiger partial charge in [0.15, 0.2) is 11.5 Å². The quantitative estimate of drug-likeness (QED) is 0.610. The molecule has 1 atom stereocenters. The van der Waals surface area contributed by atoms with Crippen molar-refractivity contribution in [3.05, 3.63) is 63.6 Å². The van der Waals surface area contributed by atoms with Crippen molar-refractivity contribution in [1.82, 2.24) is 15.5 Å². The van der Waals surface area contributed by atoms with E-state index in [2.05, 4.69) is 20.8 Å². The number of hydrogen-bond donors (Lipinski definition) is 2. The topological polar surface area (TPSA) is 102 Å². The van der Waals surface area contributed by atoms with E-state index in [1.807, 2.05) is 32.0 Å². The molecule has 31 heavy (non-hydrogen) atoms. The lowest BCUT2D eigenvalue weighted by Gasteiger charge is -2.21. The first-order valence-electron chi connectivity index (χ1n) is 9.97. The number of rotatable bonds is 6. The normalized spacial score (nSPS) is 13.4. The van der Waals surface area contributed by atoms with Crippen LogP contribution in [0.4, 0.5) is 5.69 Å². The zero-order valence-corrected chi connectivity index (χ0v) is 18.0. The average molecular weight is 439 g/mol. The van der Waals surface area contributed by atoms with Crippen LogP contribution in [0.5, 0.6) is 11.5 Å². The van der Waals surface area contributed by atoms with Gasteiger partial charge < -0.3 is 20.1 Å². The fourth-order valence-electron chi connectivity index (χ4n) is 3.10. The maximum atomic E-state index is 12.8. The van der Waals surface area contributed by atoms with Crippen LogP contribution in [0.2, 0.25) is 0 Å². The summed E-state index contributed by atoms with van der Waals surface area (Å²) in [6.07, 6.45) is 0.724. The Morgan fingerprint density at radius 3 is 2.65 bits per heavy atom. The summed E-state index contributed by atoms with van der Waals surface area (Å²) in [4.78, 5) is 25.1. The fourth-order valence-corrected chi connectivity index (χ4v) is 3.78. The summed E-state index contributed by atoms with van der Waals surface area (Å²) in [6.45, 7) is 4.89. The van der Waals surface area contributed by atoms with Gasteiger partial charge >= 0.3 is 0 Å². The minimum Gasteiger partial charge on any atom is -0.486 e. The van der Waals surface area contributed by atoms with Crippen molar-refractivity contribution >= 4 is 28.8 Å². The number of benzene rings is 2. The average Bonchev–Trinajstić information content (AvgIpc) is 3.28. The number of hydrogen-bond acceptors (Lipinski definition) is 7. The van der Waals surface area contributed by atoms with Crippen LogP contribution in [0.25, 0.3) is 0 Å². The molecule has 1 aliphatic heterocycles. The first-order valence-corrected chi connectivity index (χ1v) is 10.8. The molecule has 0 fully saturated rings. The third kappa shape index (κ3) is 4.83. The molecule has 8 nitrogen and oxygen atoms in total. The molecule has 2 amide bonds. The smallest absolute Gasteiger partial charge is 0.286 e. The molecule has 0 saturated heterocycles. The van der Waals surface area contributed by atoms with E-state index < -0.39 is 0 Å². The van der Waals surface area contributed by atoms with Crippen molar-refractivity contribution in [3.8, 4) is 11.5 Å². The van der Waals surface area contributed by atoms with Crippen LogP contribution in [0.15, 0.2) is 42.5 Å². The largest absolute Gasteiger partial charge is 0.486 e. The molecule has 0 unspecified atom stereocenters. The van der Waals surface area contributed by atoms with Gasteiger partial charge in [0.25, 0.3) is 11.8 Å². The number of aryl methyl sites for hydroxylation is 1. The number of amides is 2. The lowest BCUT2D eigenvalue weighted by atomic mass is 10.1. The van der Waals surface area contributed by atoms with Crippen LogP contribution in [-0.2, 0) is 6.42 Å². The molecular formula is C22H22N4O4S. The molecule has 0 saturated carbocycles. The molecule has 9 heteroatoms. The molecule has 1 aromatic heterocycles. The zero-order chi connectivity index (χ0) is 21.8. The second-order valence-corrected chi connectivity index (χ2v) is 8.05. The lowest BCUT2D eigenvalue weighted by molar-refractivity contribution is 0.0938. The molecule has 3 aromatic rings. The minimum atomic E-state index is -0.348. The summed E-state index contributed by atoms with van der Waals surface area (Å²) in [5.41, 5.74) is 1.86. The summed E-state index contributed by atoms with van der Waals surface area (Å²) < 4.78 is 11.2. The Balaban J connectivity index is 1.42. The van der Waals surface area contributed by atoms with Gasteiger partial charge in [-0.2, -0.15) is 0 Å². The van der Waals surface area contributed by atoms with Gasteiger partial charge in [-0.3, -0.25) is 9.59 Å². The maximum absolute atomic E-state index is 12.8. The predicted molar refractivity (Wildman–Crippen MR) is 117 cm³/mol. The van der Waals surface area contributed by atoms with E-state index in [-0.39, 0.29) is 17.9 Å². The molecule has 2 heterocycles. The Morgan fingerprint density at radius 2 is 1.87 bits per heavy atom. The van der Waals surface area contributed by atoms with E-state index in [1.54, 1.807) is 24.3 Å². The van der Waals surface area contributed by atoms with Crippen LogP contribution in [0.3, 0.4) is 0 Å². The van der Waals surface area contributed by atoms with E-state index >= 15 is 0 Å². The highest BCUT2D eigenvalue weighted by atomic mass is 32.1. The van der Waals surface area contributed by atoms with Gasteiger partial charge in [-0.25, -0.2) is 0 Å². The van der Waals surface area contributed by atoms with Crippen LogP contribution >= 0.6 is 11.3 Å².